The van der Waals surface area contributed by atoms with E-state index in [1.165, 1.54) is 18.9 Å². The molecule has 1 aromatic carbocycles. The van der Waals surface area contributed by atoms with E-state index in [2.05, 4.69) is 30.6 Å². The second-order valence-corrected chi connectivity index (χ2v) is 7.36. The molecule has 3 nitrogen and oxygen atoms in total. The first-order valence-electron chi connectivity index (χ1n) is 10.7. The first kappa shape index (κ1) is 23.0. The molecule has 0 amide bonds. The van der Waals surface area contributed by atoms with Gasteiger partial charge in [0.15, 0.2) is 0 Å². The highest BCUT2D eigenvalue weighted by Gasteiger charge is 2.06. The average Bonchev–Trinajstić information content (AvgIpc) is 2.73. The summed E-state index contributed by atoms with van der Waals surface area (Å²) in [5, 5.41) is 8.32. The molecule has 1 heterocycles. The van der Waals surface area contributed by atoms with Gasteiger partial charge in [0.1, 0.15) is 5.82 Å². The van der Waals surface area contributed by atoms with Gasteiger partial charge in [0, 0.05) is 24.2 Å². The van der Waals surface area contributed by atoms with Crippen LogP contribution < -0.4 is 0 Å². The number of aromatic nitrogens is 2. The molecule has 0 fully saturated rings. The lowest BCUT2D eigenvalue weighted by molar-refractivity contribution is 0.0566. The normalized spacial score (nSPS) is 12.4. The van der Waals surface area contributed by atoms with Crippen molar-refractivity contribution < 1.29 is 9.13 Å². The summed E-state index contributed by atoms with van der Waals surface area (Å²) >= 11 is 0. The third-order valence-corrected chi connectivity index (χ3v) is 4.80. The smallest absolute Gasteiger partial charge is 0.131 e. The fourth-order valence-corrected chi connectivity index (χ4v) is 3.05. The van der Waals surface area contributed by atoms with Crippen molar-refractivity contribution in [3.8, 4) is 11.3 Å². The topological polar surface area (TPSA) is 35.0 Å². The molecule has 0 saturated heterocycles. The maximum absolute atomic E-state index is 14.4. The molecule has 4 heteroatoms. The number of rotatable bonds is 13. The van der Waals surface area contributed by atoms with Gasteiger partial charge in [-0.25, -0.2) is 4.39 Å². The summed E-state index contributed by atoms with van der Waals surface area (Å²) in [5.41, 5.74) is 2.84. The van der Waals surface area contributed by atoms with Crippen molar-refractivity contribution >= 4 is 6.08 Å². The Morgan fingerprint density at radius 2 is 2.00 bits per heavy atom. The Hall–Kier alpha value is -2.33. The zero-order valence-electron chi connectivity index (χ0n) is 17.7. The van der Waals surface area contributed by atoms with E-state index in [1.807, 2.05) is 30.4 Å². The van der Waals surface area contributed by atoms with Crippen molar-refractivity contribution in [1.29, 1.82) is 0 Å². The van der Waals surface area contributed by atoms with Crippen LogP contribution in [0.15, 0.2) is 49.1 Å². The summed E-state index contributed by atoms with van der Waals surface area (Å²) < 4.78 is 20.2. The highest BCUT2D eigenvalue weighted by atomic mass is 19.1. The molecule has 156 valence electrons. The van der Waals surface area contributed by atoms with Gasteiger partial charge in [-0.3, -0.25) is 0 Å². The highest BCUT2D eigenvalue weighted by molar-refractivity contribution is 5.62. The minimum absolute atomic E-state index is 0.247. The molecule has 0 bridgehead atoms. The molecule has 0 aliphatic carbocycles. The molecule has 0 N–H and O–H groups in total. The van der Waals surface area contributed by atoms with Crippen LogP contribution in [0, 0.1) is 5.82 Å². The monoisotopic (exact) mass is 396 g/mol. The summed E-state index contributed by atoms with van der Waals surface area (Å²) in [6.07, 6.45) is 13.2. The number of nitrogens with zero attached hydrogens (tertiary/aromatic N) is 2. The predicted molar refractivity (Wildman–Crippen MR) is 119 cm³/mol. The van der Waals surface area contributed by atoms with E-state index >= 15 is 0 Å². The van der Waals surface area contributed by atoms with E-state index in [4.69, 9.17) is 4.74 Å². The van der Waals surface area contributed by atoms with Gasteiger partial charge in [-0.15, -0.1) is 6.58 Å². The number of ether oxygens (including phenoxy) is 1. The number of hydrogen-bond acceptors (Lipinski definition) is 3. The summed E-state index contributed by atoms with van der Waals surface area (Å²) in [5.74, 6) is -0.247. The molecule has 29 heavy (non-hydrogen) atoms. The lowest BCUT2D eigenvalue weighted by atomic mass is 10.1. The van der Waals surface area contributed by atoms with Crippen LogP contribution in [0.3, 0.4) is 0 Å². The molecule has 1 aromatic heterocycles. The van der Waals surface area contributed by atoms with E-state index in [0.29, 0.717) is 17.7 Å². The van der Waals surface area contributed by atoms with Gasteiger partial charge in [0.05, 0.1) is 17.5 Å². The minimum Gasteiger partial charge on any atom is -0.379 e. The zero-order valence-corrected chi connectivity index (χ0v) is 17.7. The van der Waals surface area contributed by atoms with Crippen molar-refractivity contribution in [2.24, 2.45) is 0 Å². The zero-order chi connectivity index (χ0) is 20.9. The molecular weight excluding hydrogens is 363 g/mol. The van der Waals surface area contributed by atoms with Gasteiger partial charge in [-0.2, -0.15) is 10.2 Å². The van der Waals surface area contributed by atoms with Crippen LogP contribution in [0.25, 0.3) is 17.3 Å². The van der Waals surface area contributed by atoms with Gasteiger partial charge in [0.25, 0.3) is 0 Å². The molecule has 0 aliphatic heterocycles. The molecular formula is C25H33FN2O. The average molecular weight is 397 g/mol. The van der Waals surface area contributed by atoms with Gasteiger partial charge in [-0.1, -0.05) is 50.1 Å². The van der Waals surface area contributed by atoms with Gasteiger partial charge in [0.2, 0.25) is 0 Å². The van der Waals surface area contributed by atoms with Crippen LogP contribution in [-0.4, -0.2) is 22.9 Å². The van der Waals surface area contributed by atoms with Crippen LogP contribution >= 0.6 is 0 Å². The minimum atomic E-state index is -0.247. The van der Waals surface area contributed by atoms with Crippen LogP contribution in [-0.2, 0) is 11.2 Å². The summed E-state index contributed by atoms with van der Waals surface area (Å²) in [7, 11) is 0. The Labute approximate surface area is 174 Å². The van der Waals surface area contributed by atoms with Crippen molar-refractivity contribution in [3.05, 3.63) is 66.1 Å². The molecule has 0 radical (unpaired) electrons. The fourth-order valence-electron chi connectivity index (χ4n) is 3.05. The van der Waals surface area contributed by atoms with Gasteiger partial charge >= 0.3 is 0 Å². The lowest BCUT2D eigenvalue weighted by Gasteiger charge is -2.12. The van der Waals surface area contributed by atoms with Crippen molar-refractivity contribution in [2.75, 3.05) is 6.61 Å². The van der Waals surface area contributed by atoms with Crippen LogP contribution in [0.2, 0.25) is 0 Å². The van der Waals surface area contributed by atoms with Crippen LogP contribution in [0.4, 0.5) is 4.39 Å². The summed E-state index contributed by atoms with van der Waals surface area (Å²) in [4.78, 5) is 0. The second-order valence-electron chi connectivity index (χ2n) is 7.36. The Morgan fingerprint density at radius 3 is 2.69 bits per heavy atom. The summed E-state index contributed by atoms with van der Waals surface area (Å²) in [6, 6.07) is 8.95. The standard InChI is InChI=1S/C25H33FN2O/c1-4-6-10-18-29-20(3)12-8-7-9-13-21-14-15-22(19-24(21)26)25-17-16-23(11-5-2)27-28-25/h5,9,13-17,19-20H,2,4,6-8,10-12,18H2,1,3H3/b13-9+. The third kappa shape index (κ3) is 8.28. The van der Waals surface area contributed by atoms with Crippen LogP contribution in [0.1, 0.15) is 63.6 Å². The molecule has 1 atom stereocenters. The number of allylic oxidation sites excluding steroid dienone is 2. The molecule has 0 aliphatic rings. The van der Waals surface area contributed by atoms with Crippen molar-refractivity contribution in [2.45, 2.75) is 64.9 Å². The maximum atomic E-state index is 14.4. The first-order valence-corrected chi connectivity index (χ1v) is 10.7. The largest absolute Gasteiger partial charge is 0.379 e. The summed E-state index contributed by atoms with van der Waals surface area (Å²) in [6.45, 7) is 8.86. The van der Waals surface area contributed by atoms with Crippen molar-refractivity contribution in [3.63, 3.8) is 0 Å². The molecule has 0 spiro atoms. The Balaban J connectivity index is 1.80. The number of hydrogen-bond donors (Lipinski definition) is 0. The Kier molecular flexibility index (Phi) is 10.3. The van der Waals surface area contributed by atoms with E-state index in [1.54, 1.807) is 12.1 Å². The Morgan fingerprint density at radius 1 is 1.14 bits per heavy atom. The quantitative estimate of drug-likeness (QED) is 0.276. The van der Waals surface area contributed by atoms with E-state index < -0.39 is 0 Å². The molecule has 2 aromatic rings. The molecule has 0 saturated carbocycles. The number of halogens is 1. The maximum Gasteiger partial charge on any atom is 0.131 e. The van der Waals surface area contributed by atoms with Crippen LogP contribution in [0.5, 0.6) is 0 Å². The second kappa shape index (κ2) is 13.0. The lowest BCUT2D eigenvalue weighted by Crippen LogP contribution is -2.08. The highest BCUT2D eigenvalue weighted by Crippen LogP contribution is 2.21. The van der Waals surface area contributed by atoms with Gasteiger partial charge in [-0.05, 0) is 50.8 Å². The predicted octanol–water partition coefficient (Wildman–Crippen LogP) is 6.79. The third-order valence-electron chi connectivity index (χ3n) is 4.80. The first-order chi connectivity index (χ1) is 14.1. The Bertz CT molecular complexity index is 771. The molecule has 2 rings (SSSR count). The van der Waals surface area contributed by atoms with E-state index in [9.17, 15) is 4.39 Å². The fraction of sp³-hybridized carbons (Fsp3) is 0.440. The van der Waals surface area contributed by atoms with E-state index in [-0.39, 0.29) is 11.9 Å². The SMILES string of the molecule is C=CCc1ccc(-c2ccc(/C=C/CCCC(C)OCCCCC)c(F)c2)nn1. The number of unbranched alkanes of at least 4 members (excludes halogenated alkanes) is 3. The van der Waals surface area contributed by atoms with Gasteiger partial charge < -0.3 is 4.74 Å². The number of benzene rings is 1. The van der Waals surface area contributed by atoms with Crippen molar-refractivity contribution in [1.82, 2.24) is 10.2 Å². The van der Waals surface area contributed by atoms with E-state index in [0.717, 1.165) is 43.5 Å². The molecule has 1 unspecified atom stereocenters.